The Balaban J connectivity index is 0.986. The van der Waals surface area contributed by atoms with Crippen LogP contribution in [0.1, 0.15) is 22.8 Å². The Morgan fingerprint density at radius 1 is 0.841 bits per heavy atom. The van der Waals surface area contributed by atoms with E-state index < -0.39 is 16.2 Å². The van der Waals surface area contributed by atoms with Crippen LogP contribution in [0, 0.1) is 12.7 Å². The van der Waals surface area contributed by atoms with E-state index in [1.165, 1.54) is 36.8 Å². The summed E-state index contributed by atoms with van der Waals surface area (Å²) in [5, 5.41) is 2.74. The Morgan fingerprint density at radius 3 is 2.20 bits per heavy atom. The maximum Gasteiger partial charge on any atom is 0.297 e. The van der Waals surface area contributed by atoms with E-state index in [1.807, 2.05) is 11.8 Å². The molecule has 4 aromatic rings. The minimum absolute atomic E-state index is 0.125. The summed E-state index contributed by atoms with van der Waals surface area (Å²) in [5.41, 5.74) is 1.31. The number of halogens is 1. The van der Waals surface area contributed by atoms with Crippen LogP contribution >= 0.6 is 0 Å². The van der Waals surface area contributed by atoms with Crippen LogP contribution < -0.4 is 20.0 Å². The van der Waals surface area contributed by atoms with E-state index in [4.69, 9.17) is 4.18 Å². The summed E-state index contributed by atoms with van der Waals surface area (Å²) in [6.07, 6.45) is 5.33. The molecule has 14 heteroatoms. The molecule has 0 unspecified atom stereocenters. The molecule has 0 bridgehead atoms. The van der Waals surface area contributed by atoms with Crippen molar-refractivity contribution in [1.29, 1.82) is 0 Å². The van der Waals surface area contributed by atoms with Gasteiger partial charge >= 0.3 is 0 Å². The normalized spacial score (nSPS) is 17.3. The lowest BCUT2D eigenvalue weighted by Gasteiger charge is -2.41. The molecule has 2 saturated heterocycles. The van der Waals surface area contributed by atoms with E-state index in [-0.39, 0.29) is 22.7 Å². The van der Waals surface area contributed by atoms with E-state index in [2.05, 4.69) is 42.0 Å². The second-order valence-corrected chi connectivity index (χ2v) is 12.4. The molecule has 2 aliphatic rings. The summed E-state index contributed by atoms with van der Waals surface area (Å²) in [5.74, 6) is 1.60. The number of benzene rings is 1. The predicted octanol–water partition coefficient (Wildman–Crippen LogP) is 3.28. The van der Waals surface area contributed by atoms with Crippen LogP contribution in [0.2, 0.25) is 0 Å². The van der Waals surface area contributed by atoms with Crippen LogP contribution in [0.25, 0.3) is 0 Å². The highest BCUT2D eigenvalue weighted by molar-refractivity contribution is 7.86. The van der Waals surface area contributed by atoms with Gasteiger partial charge in [-0.25, -0.2) is 24.3 Å². The van der Waals surface area contributed by atoms with Crippen molar-refractivity contribution in [1.82, 2.24) is 19.9 Å². The van der Waals surface area contributed by atoms with Crippen molar-refractivity contribution in [3.63, 3.8) is 0 Å². The van der Waals surface area contributed by atoms with Gasteiger partial charge < -0.3 is 20.0 Å². The zero-order valence-electron chi connectivity index (χ0n) is 24.2. The lowest BCUT2D eigenvalue weighted by atomic mass is 10.1. The molecule has 1 N–H and O–H groups in total. The van der Waals surface area contributed by atoms with Gasteiger partial charge in [0.1, 0.15) is 29.4 Å². The molecule has 44 heavy (non-hydrogen) atoms. The maximum absolute atomic E-state index is 13.3. The second kappa shape index (κ2) is 12.1. The molecule has 5 heterocycles. The fourth-order valence-electron chi connectivity index (χ4n) is 5.11. The van der Waals surface area contributed by atoms with Gasteiger partial charge in [0, 0.05) is 45.0 Å². The van der Waals surface area contributed by atoms with Crippen LogP contribution in [0.5, 0.6) is 0 Å². The highest BCUT2D eigenvalue weighted by atomic mass is 32.2. The number of aryl methyl sites for hydroxylation is 1. The average molecular weight is 619 g/mol. The number of pyridine rings is 2. The third kappa shape index (κ3) is 6.45. The van der Waals surface area contributed by atoms with E-state index in [1.54, 1.807) is 36.5 Å². The van der Waals surface area contributed by atoms with Crippen molar-refractivity contribution in [2.75, 3.05) is 52.7 Å². The van der Waals surface area contributed by atoms with Crippen molar-refractivity contribution in [3.05, 3.63) is 90.3 Å². The van der Waals surface area contributed by atoms with Gasteiger partial charge in [-0.1, -0.05) is 17.7 Å². The number of hydrogen-bond donors (Lipinski definition) is 1. The van der Waals surface area contributed by atoms with Crippen molar-refractivity contribution in [3.8, 4) is 0 Å². The number of amides is 1. The highest BCUT2D eigenvalue weighted by Gasteiger charge is 2.33. The summed E-state index contributed by atoms with van der Waals surface area (Å²) < 4.78 is 43.6. The van der Waals surface area contributed by atoms with Gasteiger partial charge in [0.2, 0.25) is 0 Å². The molecular weight excluding hydrogens is 587 g/mol. The van der Waals surface area contributed by atoms with Crippen LogP contribution in [0.3, 0.4) is 0 Å². The fourth-order valence-corrected chi connectivity index (χ4v) is 6.18. The number of rotatable bonds is 8. The number of anilines is 4. The van der Waals surface area contributed by atoms with Gasteiger partial charge in [0.15, 0.2) is 5.82 Å². The topological polar surface area (TPSA) is 134 Å². The van der Waals surface area contributed by atoms with Gasteiger partial charge in [-0.3, -0.25) is 8.98 Å². The van der Waals surface area contributed by atoms with Gasteiger partial charge in [-0.05, 0) is 50.2 Å². The first-order chi connectivity index (χ1) is 21.1. The average Bonchev–Trinajstić information content (AvgIpc) is 3.00. The largest absolute Gasteiger partial charge is 0.352 e. The molecule has 2 fully saturated rings. The summed E-state index contributed by atoms with van der Waals surface area (Å²) in [7, 11) is -3.84. The van der Waals surface area contributed by atoms with Crippen molar-refractivity contribution >= 4 is 39.3 Å². The second-order valence-electron chi connectivity index (χ2n) is 10.8. The molecule has 1 aromatic carbocycles. The summed E-state index contributed by atoms with van der Waals surface area (Å²) in [6, 6.07) is 13.1. The van der Waals surface area contributed by atoms with Crippen LogP contribution in [0.4, 0.5) is 27.7 Å². The first-order valence-electron chi connectivity index (χ1n) is 14.1. The predicted molar refractivity (Wildman–Crippen MR) is 163 cm³/mol. The Kier molecular flexibility index (Phi) is 8.10. The maximum atomic E-state index is 13.3. The first kappa shape index (κ1) is 29.4. The Bertz CT molecular complexity index is 1720. The monoisotopic (exact) mass is 618 g/mol. The molecule has 0 radical (unpaired) electrons. The molecule has 12 nitrogen and oxygen atoms in total. The Hall–Kier alpha value is -4.69. The van der Waals surface area contributed by atoms with Crippen molar-refractivity contribution in [2.24, 2.45) is 0 Å². The molecule has 228 valence electrons. The Labute approximate surface area is 254 Å². The number of carbonyl (C=O) groups excluding carboxylic acids is 1. The summed E-state index contributed by atoms with van der Waals surface area (Å²) in [6.45, 7) is 6.75. The molecule has 1 amide bonds. The van der Waals surface area contributed by atoms with E-state index >= 15 is 0 Å². The third-order valence-electron chi connectivity index (χ3n) is 7.59. The number of carbonyl (C=O) groups is 1. The third-order valence-corrected chi connectivity index (χ3v) is 8.97. The minimum atomic E-state index is -3.84. The van der Waals surface area contributed by atoms with Crippen molar-refractivity contribution < 1.29 is 21.8 Å². The smallest absolute Gasteiger partial charge is 0.297 e. The Morgan fingerprint density at radius 2 is 1.57 bits per heavy atom. The molecule has 0 saturated carbocycles. The summed E-state index contributed by atoms with van der Waals surface area (Å²) in [4.78, 5) is 36.5. The minimum Gasteiger partial charge on any atom is -0.352 e. The van der Waals surface area contributed by atoms with Crippen LogP contribution in [-0.4, -0.2) is 79.1 Å². The van der Waals surface area contributed by atoms with Crippen LogP contribution in [0.15, 0.2) is 78.2 Å². The van der Waals surface area contributed by atoms with Crippen LogP contribution in [-0.2, 0) is 14.3 Å². The molecule has 1 atom stereocenters. The number of nitrogens with zero attached hydrogens (tertiary/aromatic N) is 7. The van der Waals surface area contributed by atoms with Gasteiger partial charge in [0.05, 0.1) is 29.0 Å². The molecule has 0 aliphatic carbocycles. The SMILES string of the molecule is Cc1ccc(S(=O)(=O)OC2CN(c3ccc(C(=O)Nc4cnc(N5CCN(c6ccc(F)cn6)[C@@H](C)C5)cn4)cn3)C2)cc1. The van der Waals surface area contributed by atoms with Gasteiger partial charge in [-0.2, -0.15) is 8.42 Å². The van der Waals surface area contributed by atoms with Gasteiger partial charge in [0.25, 0.3) is 16.0 Å². The summed E-state index contributed by atoms with van der Waals surface area (Å²) >= 11 is 0. The number of piperazine rings is 1. The highest BCUT2D eigenvalue weighted by Crippen LogP contribution is 2.25. The van der Waals surface area contributed by atoms with Crippen molar-refractivity contribution in [2.45, 2.75) is 30.9 Å². The lowest BCUT2D eigenvalue weighted by Crippen LogP contribution is -2.53. The van der Waals surface area contributed by atoms with E-state index in [0.29, 0.717) is 55.7 Å². The number of hydrogen-bond acceptors (Lipinski definition) is 11. The fraction of sp³-hybridized carbons (Fsp3) is 0.300. The quantitative estimate of drug-likeness (QED) is 0.292. The number of aromatic nitrogens is 4. The molecular formula is C30H31FN8O4S. The lowest BCUT2D eigenvalue weighted by molar-refractivity contribution is 0.102. The zero-order valence-corrected chi connectivity index (χ0v) is 25.0. The first-order valence-corrected chi connectivity index (χ1v) is 15.5. The molecule has 3 aromatic heterocycles. The number of nitrogens with one attached hydrogen (secondary N) is 1. The zero-order chi connectivity index (χ0) is 30.8. The van der Waals surface area contributed by atoms with Gasteiger partial charge in [-0.15, -0.1) is 0 Å². The molecule has 6 rings (SSSR count). The molecule has 2 aliphatic heterocycles. The van der Waals surface area contributed by atoms with E-state index in [9.17, 15) is 17.6 Å². The van der Waals surface area contributed by atoms with E-state index in [0.717, 1.165) is 11.4 Å². The molecule has 0 spiro atoms. The standard InChI is InChI=1S/C30H31FN8O4S/c1-20-3-7-25(8-4-20)44(41,42)43-24-18-38(19-24)27-9-5-22(13-33-27)30(40)36-26-15-35-29(16-32-26)37-11-12-39(21(2)17-37)28-10-6-23(31)14-34-28/h3-10,13-16,21,24H,11-12,17-19H2,1-2H3,(H,32,36,40)/t21-/m0/s1.